The molecule has 0 saturated carbocycles. The molecule has 134 valence electrons. The summed E-state index contributed by atoms with van der Waals surface area (Å²) in [7, 11) is 1.62. The topological polar surface area (TPSA) is 75.1 Å². The van der Waals surface area contributed by atoms with E-state index >= 15 is 0 Å². The fourth-order valence-electron chi connectivity index (χ4n) is 2.41. The molecule has 1 fully saturated rings. The molecule has 24 heavy (non-hydrogen) atoms. The van der Waals surface area contributed by atoms with Crippen LogP contribution in [0.1, 0.15) is 20.3 Å². The van der Waals surface area contributed by atoms with Crippen molar-refractivity contribution in [3.05, 3.63) is 18.2 Å². The Morgan fingerprint density at radius 1 is 1.38 bits per heavy atom. The van der Waals surface area contributed by atoms with Crippen molar-refractivity contribution in [3.8, 4) is 11.5 Å². The summed E-state index contributed by atoms with van der Waals surface area (Å²) >= 11 is 1.77. The second kappa shape index (κ2) is 9.03. The van der Waals surface area contributed by atoms with Crippen LogP contribution in [0.25, 0.3) is 0 Å². The normalized spacial score (nSPS) is 20.8. The van der Waals surface area contributed by atoms with Crippen molar-refractivity contribution in [2.75, 3.05) is 43.6 Å². The summed E-state index contributed by atoms with van der Waals surface area (Å²) < 4.78 is 10.9. The van der Waals surface area contributed by atoms with Gasteiger partial charge < -0.3 is 25.2 Å². The van der Waals surface area contributed by atoms with Crippen LogP contribution in [0.2, 0.25) is 0 Å². The molecule has 0 aliphatic carbocycles. The van der Waals surface area contributed by atoms with Crippen LogP contribution < -0.4 is 20.1 Å². The van der Waals surface area contributed by atoms with Crippen LogP contribution in [0.4, 0.5) is 5.69 Å². The van der Waals surface area contributed by atoms with E-state index in [1.165, 1.54) is 0 Å². The van der Waals surface area contributed by atoms with Gasteiger partial charge in [0.15, 0.2) is 17.5 Å². The number of aliphatic imine (C=N–C) groups is 1. The highest BCUT2D eigenvalue weighted by Gasteiger charge is 2.31. The van der Waals surface area contributed by atoms with Crippen molar-refractivity contribution >= 4 is 23.4 Å². The molecular formula is C17H27N3O3S. The SMILES string of the molecule is CCNC(=NCC1(O)CCSC1)Nc1ccc(OC)c(OCC)c1. The molecule has 0 aromatic heterocycles. The third-order valence-corrected chi connectivity index (χ3v) is 4.92. The van der Waals surface area contributed by atoms with E-state index in [2.05, 4.69) is 15.6 Å². The average Bonchev–Trinajstić information content (AvgIpc) is 3.01. The van der Waals surface area contributed by atoms with Crippen LogP contribution in [0.15, 0.2) is 23.2 Å². The number of guanidine groups is 1. The second-order valence-corrected chi connectivity index (χ2v) is 6.75. The zero-order chi connectivity index (χ0) is 17.4. The van der Waals surface area contributed by atoms with Gasteiger partial charge in [0.2, 0.25) is 0 Å². The van der Waals surface area contributed by atoms with Crippen molar-refractivity contribution in [1.82, 2.24) is 5.32 Å². The van der Waals surface area contributed by atoms with Gasteiger partial charge >= 0.3 is 0 Å². The first-order valence-corrected chi connectivity index (χ1v) is 9.42. The number of anilines is 1. The van der Waals surface area contributed by atoms with Gasteiger partial charge in [-0.2, -0.15) is 11.8 Å². The number of methoxy groups -OCH3 is 1. The Morgan fingerprint density at radius 2 is 2.21 bits per heavy atom. The predicted molar refractivity (Wildman–Crippen MR) is 101 cm³/mol. The number of benzene rings is 1. The van der Waals surface area contributed by atoms with Crippen LogP contribution >= 0.6 is 11.8 Å². The molecule has 0 spiro atoms. The van der Waals surface area contributed by atoms with Gasteiger partial charge in [-0.3, -0.25) is 0 Å². The maximum absolute atomic E-state index is 10.4. The molecule has 0 radical (unpaired) electrons. The first kappa shape index (κ1) is 18.7. The van der Waals surface area contributed by atoms with Crippen LogP contribution in [-0.4, -0.2) is 55.0 Å². The van der Waals surface area contributed by atoms with E-state index in [-0.39, 0.29) is 0 Å². The monoisotopic (exact) mass is 353 g/mol. The molecule has 1 heterocycles. The fourth-order valence-corrected chi connectivity index (χ4v) is 3.70. The van der Waals surface area contributed by atoms with Gasteiger partial charge in [-0.25, -0.2) is 4.99 Å². The third-order valence-electron chi connectivity index (χ3n) is 3.68. The molecule has 3 N–H and O–H groups in total. The molecule has 7 heteroatoms. The molecule has 1 aliphatic heterocycles. The summed E-state index contributed by atoms with van der Waals surface area (Å²) in [5, 5.41) is 16.9. The lowest BCUT2D eigenvalue weighted by atomic mass is 10.1. The Balaban J connectivity index is 2.10. The van der Waals surface area contributed by atoms with Gasteiger partial charge in [0.25, 0.3) is 0 Å². The Kier molecular flexibility index (Phi) is 7.05. The fraction of sp³-hybridized carbons (Fsp3) is 0.588. The zero-order valence-corrected chi connectivity index (χ0v) is 15.4. The van der Waals surface area contributed by atoms with Gasteiger partial charge in [0.05, 0.1) is 25.9 Å². The van der Waals surface area contributed by atoms with Crippen molar-refractivity contribution in [2.45, 2.75) is 25.9 Å². The van der Waals surface area contributed by atoms with E-state index in [1.807, 2.05) is 32.0 Å². The molecule has 1 aromatic carbocycles. The Morgan fingerprint density at radius 3 is 2.83 bits per heavy atom. The molecule has 1 atom stereocenters. The summed E-state index contributed by atoms with van der Waals surface area (Å²) in [6.07, 6.45) is 0.789. The lowest BCUT2D eigenvalue weighted by Gasteiger charge is -2.20. The summed E-state index contributed by atoms with van der Waals surface area (Å²) in [6.45, 7) is 5.65. The van der Waals surface area contributed by atoms with Crippen LogP contribution in [0.5, 0.6) is 11.5 Å². The summed E-state index contributed by atoms with van der Waals surface area (Å²) in [5.41, 5.74) is 0.162. The summed E-state index contributed by atoms with van der Waals surface area (Å²) in [5.74, 6) is 3.77. The Hall–Kier alpha value is -1.60. The van der Waals surface area contributed by atoms with Crippen LogP contribution in [-0.2, 0) is 0 Å². The molecular weight excluding hydrogens is 326 g/mol. The van der Waals surface area contributed by atoms with E-state index in [9.17, 15) is 5.11 Å². The van der Waals surface area contributed by atoms with Gasteiger partial charge in [-0.15, -0.1) is 0 Å². The molecule has 1 aromatic rings. The number of ether oxygens (including phenoxy) is 2. The lowest BCUT2D eigenvalue weighted by Crippen LogP contribution is -2.36. The minimum Gasteiger partial charge on any atom is -0.493 e. The van der Waals surface area contributed by atoms with E-state index in [1.54, 1.807) is 18.9 Å². The van der Waals surface area contributed by atoms with Crippen LogP contribution in [0.3, 0.4) is 0 Å². The lowest BCUT2D eigenvalue weighted by molar-refractivity contribution is 0.0779. The maximum Gasteiger partial charge on any atom is 0.195 e. The van der Waals surface area contributed by atoms with Crippen molar-refractivity contribution in [1.29, 1.82) is 0 Å². The Labute approximate surface area is 148 Å². The van der Waals surface area contributed by atoms with Crippen molar-refractivity contribution < 1.29 is 14.6 Å². The maximum atomic E-state index is 10.4. The highest BCUT2D eigenvalue weighted by atomic mass is 32.2. The second-order valence-electron chi connectivity index (χ2n) is 5.65. The van der Waals surface area contributed by atoms with Gasteiger partial charge in [0, 0.05) is 24.1 Å². The number of hydrogen-bond donors (Lipinski definition) is 3. The number of aliphatic hydroxyl groups is 1. The number of nitrogens with one attached hydrogen (secondary N) is 2. The highest BCUT2D eigenvalue weighted by Crippen LogP contribution is 2.30. The molecule has 0 bridgehead atoms. The quantitative estimate of drug-likeness (QED) is 0.516. The molecule has 1 saturated heterocycles. The molecule has 6 nitrogen and oxygen atoms in total. The number of nitrogens with zero attached hydrogens (tertiary/aromatic N) is 1. The first-order valence-electron chi connectivity index (χ1n) is 8.26. The van der Waals surface area contributed by atoms with Crippen molar-refractivity contribution in [2.24, 2.45) is 4.99 Å². The smallest absolute Gasteiger partial charge is 0.195 e. The zero-order valence-electron chi connectivity index (χ0n) is 14.6. The molecule has 1 aliphatic rings. The Bertz CT molecular complexity index is 560. The van der Waals surface area contributed by atoms with Crippen molar-refractivity contribution in [3.63, 3.8) is 0 Å². The molecule has 0 amide bonds. The largest absolute Gasteiger partial charge is 0.493 e. The first-order chi connectivity index (χ1) is 11.6. The highest BCUT2D eigenvalue weighted by molar-refractivity contribution is 7.99. The van der Waals surface area contributed by atoms with E-state index < -0.39 is 5.60 Å². The molecule has 2 rings (SSSR count). The molecule has 1 unspecified atom stereocenters. The number of thioether (sulfide) groups is 1. The summed E-state index contributed by atoms with van der Waals surface area (Å²) in [6, 6.07) is 5.65. The summed E-state index contributed by atoms with van der Waals surface area (Å²) in [4.78, 5) is 4.54. The van der Waals surface area contributed by atoms with Gasteiger partial charge in [-0.1, -0.05) is 0 Å². The standard InChI is InChI=1S/C17H27N3O3S/c1-4-18-16(19-11-17(21)8-9-24-12-17)20-13-6-7-14(22-3)15(10-13)23-5-2/h6-7,10,21H,4-5,8-9,11-12H2,1-3H3,(H2,18,19,20). The average molecular weight is 353 g/mol. The van der Waals surface area contributed by atoms with E-state index in [4.69, 9.17) is 9.47 Å². The van der Waals surface area contributed by atoms with Gasteiger partial charge in [0.1, 0.15) is 0 Å². The number of rotatable bonds is 7. The predicted octanol–water partition coefficient (Wildman–Crippen LogP) is 2.34. The minimum absolute atomic E-state index is 0.393. The minimum atomic E-state index is -0.691. The van der Waals surface area contributed by atoms with Gasteiger partial charge in [-0.05, 0) is 38.2 Å². The number of hydrogen-bond acceptors (Lipinski definition) is 5. The van der Waals surface area contributed by atoms with Crippen LogP contribution in [0, 0.1) is 0 Å². The third kappa shape index (κ3) is 5.21. The van der Waals surface area contributed by atoms with E-state index in [0.29, 0.717) is 30.6 Å². The van der Waals surface area contributed by atoms with E-state index in [0.717, 1.165) is 30.2 Å².